The van der Waals surface area contributed by atoms with Crippen LogP contribution in [0.15, 0.2) is 18.2 Å². The Labute approximate surface area is 122 Å². The molecule has 0 bridgehead atoms. The molecule has 1 aliphatic rings. The van der Waals surface area contributed by atoms with E-state index in [1.54, 1.807) is 6.07 Å². The van der Waals surface area contributed by atoms with Crippen molar-refractivity contribution in [2.45, 2.75) is 31.7 Å². The maximum absolute atomic E-state index is 10.9. The van der Waals surface area contributed by atoms with Crippen LogP contribution >= 0.6 is 0 Å². The largest absolute Gasteiger partial charge is 0.496 e. The van der Waals surface area contributed by atoms with Crippen LogP contribution in [0.4, 0.5) is 11.4 Å². The van der Waals surface area contributed by atoms with Gasteiger partial charge in [-0.15, -0.1) is 0 Å². The number of carboxylic acid groups (broad SMARTS) is 1. The first-order valence-corrected chi connectivity index (χ1v) is 6.82. The van der Waals surface area contributed by atoms with Crippen LogP contribution in [-0.2, 0) is 4.79 Å². The second-order valence-corrected chi connectivity index (χ2v) is 5.21. The molecule has 0 radical (unpaired) electrons. The molecule has 0 aliphatic heterocycles. The van der Waals surface area contributed by atoms with Crippen molar-refractivity contribution in [3.63, 3.8) is 0 Å². The van der Waals surface area contributed by atoms with Gasteiger partial charge in [0, 0.05) is 23.9 Å². The number of nitro benzene ring substituents is 1. The minimum Gasteiger partial charge on any atom is -0.496 e. The summed E-state index contributed by atoms with van der Waals surface area (Å²) in [6, 6.07) is 4.67. The topological polar surface area (TPSA) is 102 Å². The van der Waals surface area contributed by atoms with Gasteiger partial charge in [-0.3, -0.25) is 14.9 Å². The highest BCUT2D eigenvalue weighted by Gasteiger charge is 2.26. The number of aliphatic carboxylic acids is 1. The summed E-state index contributed by atoms with van der Waals surface area (Å²) in [6.45, 7) is 0. The van der Waals surface area contributed by atoms with Gasteiger partial charge >= 0.3 is 5.97 Å². The Hall–Kier alpha value is -2.31. The molecule has 1 fully saturated rings. The second-order valence-electron chi connectivity index (χ2n) is 5.21. The fourth-order valence-corrected chi connectivity index (χ4v) is 2.61. The fraction of sp³-hybridized carbons (Fsp3) is 0.500. The van der Waals surface area contributed by atoms with Gasteiger partial charge in [-0.05, 0) is 25.7 Å². The number of nitrogens with one attached hydrogen (secondary N) is 1. The molecule has 0 atom stereocenters. The van der Waals surface area contributed by atoms with E-state index < -0.39 is 10.9 Å². The monoisotopic (exact) mass is 294 g/mol. The molecule has 1 aromatic rings. The van der Waals surface area contributed by atoms with Crippen molar-refractivity contribution in [2.75, 3.05) is 12.4 Å². The zero-order chi connectivity index (χ0) is 15.4. The zero-order valence-corrected chi connectivity index (χ0v) is 11.7. The van der Waals surface area contributed by atoms with E-state index in [0.29, 0.717) is 24.3 Å². The Bertz CT molecular complexity index is 538. The molecule has 1 aliphatic carbocycles. The Morgan fingerprint density at radius 2 is 2.00 bits per heavy atom. The predicted octanol–water partition coefficient (Wildman–Crippen LogP) is 2.66. The molecule has 2 N–H and O–H groups in total. The lowest BCUT2D eigenvalue weighted by molar-refractivity contribution is -0.384. The first kappa shape index (κ1) is 15.1. The summed E-state index contributed by atoms with van der Waals surface area (Å²) in [4.78, 5) is 21.3. The molecule has 7 nitrogen and oxygen atoms in total. The number of methoxy groups -OCH3 is 1. The summed E-state index contributed by atoms with van der Waals surface area (Å²) in [5.74, 6) is -0.598. The van der Waals surface area contributed by atoms with E-state index in [9.17, 15) is 14.9 Å². The molecule has 0 spiro atoms. The maximum Gasteiger partial charge on any atom is 0.306 e. The third-order valence-corrected chi connectivity index (χ3v) is 3.79. The van der Waals surface area contributed by atoms with Crippen LogP contribution in [-0.4, -0.2) is 29.2 Å². The number of anilines is 1. The van der Waals surface area contributed by atoms with Crippen molar-refractivity contribution in [1.29, 1.82) is 0 Å². The van der Waals surface area contributed by atoms with Gasteiger partial charge in [0.25, 0.3) is 5.69 Å². The van der Waals surface area contributed by atoms with Crippen LogP contribution in [0.3, 0.4) is 0 Å². The molecular formula is C14H18N2O5. The average Bonchev–Trinajstić information content (AvgIpc) is 2.47. The van der Waals surface area contributed by atoms with Crippen molar-refractivity contribution in [1.82, 2.24) is 0 Å². The Balaban J connectivity index is 2.04. The van der Waals surface area contributed by atoms with Gasteiger partial charge in [-0.25, -0.2) is 0 Å². The van der Waals surface area contributed by atoms with E-state index in [4.69, 9.17) is 9.84 Å². The van der Waals surface area contributed by atoms with Gasteiger partial charge in [0.05, 0.1) is 24.0 Å². The van der Waals surface area contributed by atoms with E-state index in [1.165, 1.54) is 19.2 Å². The third-order valence-electron chi connectivity index (χ3n) is 3.79. The number of carbonyl (C=O) groups is 1. The molecular weight excluding hydrogens is 276 g/mol. The summed E-state index contributed by atoms with van der Waals surface area (Å²) >= 11 is 0. The predicted molar refractivity (Wildman–Crippen MR) is 76.7 cm³/mol. The second kappa shape index (κ2) is 6.43. The standard InChI is InChI=1S/C14H18N2O5/c1-21-13-7-11(6-12(8-13)16(19)20)15-10-4-2-9(3-5-10)14(17)18/h6-10,15H,2-5H2,1H3,(H,17,18). The quantitative estimate of drug-likeness (QED) is 0.639. The summed E-state index contributed by atoms with van der Waals surface area (Å²) < 4.78 is 5.06. The van der Waals surface area contributed by atoms with Crippen molar-refractivity contribution in [3.05, 3.63) is 28.3 Å². The van der Waals surface area contributed by atoms with Crippen molar-refractivity contribution in [2.24, 2.45) is 5.92 Å². The number of hydrogen-bond acceptors (Lipinski definition) is 5. The number of nitrogens with zero attached hydrogens (tertiary/aromatic N) is 1. The lowest BCUT2D eigenvalue weighted by Gasteiger charge is -2.27. The number of ether oxygens (including phenoxy) is 1. The molecule has 1 aromatic carbocycles. The van der Waals surface area contributed by atoms with Gasteiger partial charge in [0.15, 0.2) is 0 Å². The molecule has 0 aromatic heterocycles. The number of non-ortho nitro benzene ring substituents is 1. The highest BCUT2D eigenvalue weighted by Crippen LogP contribution is 2.30. The lowest BCUT2D eigenvalue weighted by Crippen LogP contribution is -2.29. The number of benzene rings is 1. The smallest absolute Gasteiger partial charge is 0.306 e. The van der Waals surface area contributed by atoms with Crippen molar-refractivity contribution >= 4 is 17.3 Å². The molecule has 1 saturated carbocycles. The molecule has 114 valence electrons. The van der Waals surface area contributed by atoms with Crippen molar-refractivity contribution < 1.29 is 19.6 Å². The Kier molecular flexibility index (Phi) is 4.62. The third kappa shape index (κ3) is 3.84. The zero-order valence-electron chi connectivity index (χ0n) is 11.7. The molecule has 7 heteroatoms. The molecule has 0 amide bonds. The lowest BCUT2D eigenvalue weighted by atomic mass is 9.86. The van der Waals surface area contributed by atoms with E-state index in [1.807, 2.05) is 0 Å². The molecule has 2 rings (SSSR count). The van der Waals surface area contributed by atoms with E-state index >= 15 is 0 Å². The highest BCUT2D eigenvalue weighted by atomic mass is 16.6. The number of rotatable bonds is 5. The summed E-state index contributed by atoms with van der Waals surface area (Å²) in [5.41, 5.74) is 0.593. The molecule has 0 heterocycles. The van der Waals surface area contributed by atoms with E-state index in [2.05, 4.69) is 5.32 Å². The maximum atomic E-state index is 10.9. The first-order valence-electron chi connectivity index (χ1n) is 6.82. The first-order chi connectivity index (χ1) is 9.99. The summed E-state index contributed by atoms with van der Waals surface area (Å²) in [6.07, 6.45) is 2.72. The number of hydrogen-bond donors (Lipinski definition) is 2. The fourth-order valence-electron chi connectivity index (χ4n) is 2.61. The van der Waals surface area contributed by atoms with Crippen LogP contribution in [0.1, 0.15) is 25.7 Å². The minimum atomic E-state index is -0.745. The minimum absolute atomic E-state index is 0.0314. The molecule has 21 heavy (non-hydrogen) atoms. The van der Waals surface area contributed by atoms with Crippen molar-refractivity contribution in [3.8, 4) is 5.75 Å². The highest BCUT2D eigenvalue weighted by molar-refractivity contribution is 5.70. The van der Waals surface area contributed by atoms with Crippen LogP contribution in [0, 0.1) is 16.0 Å². The number of carboxylic acids is 1. The Morgan fingerprint density at radius 3 is 2.52 bits per heavy atom. The van der Waals surface area contributed by atoms with Gasteiger partial charge < -0.3 is 15.2 Å². The SMILES string of the molecule is COc1cc(NC2CCC(C(=O)O)CC2)cc([N+](=O)[O-])c1. The van der Waals surface area contributed by atoms with Crippen LogP contribution < -0.4 is 10.1 Å². The summed E-state index contributed by atoms with van der Waals surface area (Å²) in [5, 5.41) is 23.1. The van der Waals surface area contributed by atoms with Crippen LogP contribution in [0.2, 0.25) is 0 Å². The van der Waals surface area contributed by atoms with Gasteiger partial charge in [-0.2, -0.15) is 0 Å². The van der Waals surface area contributed by atoms with Gasteiger partial charge in [-0.1, -0.05) is 0 Å². The van der Waals surface area contributed by atoms with Gasteiger partial charge in [0.2, 0.25) is 0 Å². The van der Waals surface area contributed by atoms with E-state index in [0.717, 1.165) is 12.8 Å². The molecule has 0 unspecified atom stereocenters. The summed E-state index contributed by atoms with van der Waals surface area (Å²) in [7, 11) is 1.46. The van der Waals surface area contributed by atoms with E-state index in [-0.39, 0.29) is 17.6 Å². The van der Waals surface area contributed by atoms with Crippen LogP contribution in [0.25, 0.3) is 0 Å². The normalized spacial score (nSPS) is 21.6. The Morgan fingerprint density at radius 1 is 1.33 bits per heavy atom. The van der Waals surface area contributed by atoms with Gasteiger partial charge in [0.1, 0.15) is 5.75 Å². The average molecular weight is 294 g/mol. The number of nitro groups is 1. The van der Waals surface area contributed by atoms with Crippen LogP contribution in [0.5, 0.6) is 5.75 Å². The molecule has 0 saturated heterocycles.